The van der Waals surface area contributed by atoms with E-state index in [1.165, 1.54) is 25.6 Å². The molecule has 8 heteroatoms. The molecule has 3 heterocycles. The molecule has 0 atom stereocenters. The van der Waals surface area contributed by atoms with Crippen LogP contribution in [0.4, 0.5) is 0 Å². The van der Waals surface area contributed by atoms with E-state index in [9.17, 15) is 14.7 Å². The fourth-order valence-electron chi connectivity index (χ4n) is 3.11. The summed E-state index contributed by atoms with van der Waals surface area (Å²) in [6, 6.07) is 10.6. The molecule has 3 aromatic heterocycles. The molecular weight excluding hydrogens is 372 g/mol. The molecule has 1 aromatic carbocycles. The summed E-state index contributed by atoms with van der Waals surface area (Å²) in [6.07, 6.45) is 6.74. The van der Waals surface area contributed by atoms with E-state index in [-0.39, 0.29) is 29.2 Å². The number of methoxy groups -OCH3 is 1. The molecule has 0 aliphatic rings. The highest BCUT2D eigenvalue weighted by molar-refractivity contribution is 6.02. The van der Waals surface area contributed by atoms with Gasteiger partial charge in [0.05, 0.1) is 19.2 Å². The Morgan fingerprint density at radius 2 is 1.97 bits per heavy atom. The lowest BCUT2D eigenvalue weighted by molar-refractivity contribution is 0.408. The SMILES string of the molecule is COc1c[nH]c(CN=Cc2c(O)[nH]c(=O)c3ccc(-n4cccc4)cc23)cc1=O. The van der Waals surface area contributed by atoms with Crippen LogP contribution in [-0.2, 0) is 6.54 Å². The van der Waals surface area contributed by atoms with E-state index in [0.717, 1.165) is 5.69 Å². The van der Waals surface area contributed by atoms with Gasteiger partial charge in [-0.1, -0.05) is 0 Å². The molecule has 0 amide bonds. The summed E-state index contributed by atoms with van der Waals surface area (Å²) in [5, 5.41) is 11.3. The van der Waals surface area contributed by atoms with Gasteiger partial charge < -0.3 is 19.4 Å². The van der Waals surface area contributed by atoms with E-state index < -0.39 is 0 Å². The molecule has 4 rings (SSSR count). The van der Waals surface area contributed by atoms with Crippen molar-refractivity contribution in [3.05, 3.63) is 86.8 Å². The van der Waals surface area contributed by atoms with Crippen LogP contribution in [0.1, 0.15) is 11.3 Å². The molecule has 0 bridgehead atoms. The van der Waals surface area contributed by atoms with Crippen LogP contribution < -0.4 is 15.7 Å². The highest BCUT2D eigenvalue weighted by Gasteiger charge is 2.11. The lowest BCUT2D eigenvalue weighted by atomic mass is 10.1. The third-order valence-corrected chi connectivity index (χ3v) is 4.57. The van der Waals surface area contributed by atoms with Gasteiger partial charge in [0.15, 0.2) is 5.75 Å². The summed E-state index contributed by atoms with van der Waals surface area (Å²) in [7, 11) is 1.43. The second kappa shape index (κ2) is 7.51. The number of aliphatic imine (C=N–C) groups is 1. The standard InChI is InChI=1S/C21H18N4O4/c1-29-19-12-23-13(8-18(19)26)10-22-11-17-16-9-14(25-6-2-3-7-25)4-5-15(16)20(27)24-21(17)28/h2-9,11-12H,10H2,1H3,(H,23,26)(H2,24,27,28). The van der Waals surface area contributed by atoms with Gasteiger partial charge in [-0.25, -0.2) is 0 Å². The normalized spacial score (nSPS) is 11.3. The van der Waals surface area contributed by atoms with Crippen LogP contribution in [0, 0.1) is 0 Å². The number of nitrogens with one attached hydrogen (secondary N) is 2. The minimum absolute atomic E-state index is 0.191. The first kappa shape index (κ1) is 18.3. The largest absolute Gasteiger partial charge is 0.494 e. The molecule has 0 saturated carbocycles. The summed E-state index contributed by atoms with van der Waals surface area (Å²) in [5.74, 6) is -0.0429. The van der Waals surface area contributed by atoms with Crippen molar-refractivity contribution >= 4 is 17.0 Å². The van der Waals surface area contributed by atoms with Gasteiger partial charge in [0.25, 0.3) is 5.56 Å². The fourth-order valence-corrected chi connectivity index (χ4v) is 3.11. The zero-order chi connectivity index (χ0) is 20.4. The smallest absolute Gasteiger partial charge is 0.258 e. The number of rotatable bonds is 5. The van der Waals surface area contributed by atoms with E-state index in [4.69, 9.17) is 4.74 Å². The molecule has 0 aliphatic heterocycles. The molecule has 0 fully saturated rings. The highest BCUT2D eigenvalue weighted by Crippen LogP contribution is 2.23. The number of ether oxygens (including phenoxy) is 1. The van der Waals surface area contributed by atoms with Crippen molar-refractivity contribution < 1.29 is 9.84 Å². The Bertz CT molecular complexity index is 1320. The highest BCUT2D eigenvalue weighted by atomic mass is 16.5. The predicted octanol–water partition coefficient (Wildman–Crippen LogP) is 2.34. The minimum atomic E-state index is -0.381. The van der Waals surface area contributed by atoms with Gasteiger partial charge in [-0.15, -0.1) is 0 Å². The van der Waals surface area contributed by atoms with E-state index in [1.807, 2.05) is 41.2 Å². The number of benzene rings is 1. The van der Waals surface area contributed by atoms with Crippen molar-refractivity contribution in [1.29, 1.82) is 0 Å². The Labute approximate surface area is 164 Å². The summed E-state index contributed by atoms with van der Waals surface area (Å²) in [6.45, 7) is 0.191. The van der Waals surface area contributed by atoms with Crippen molar-refractivity contribution in [2.45, 2.75) is 6.54 Å². The topological polar surface area (TPSA) is 112 Å². The average molecular weight is 390 g/mol. The quantitative estimate of drug-likeness (QED) is 0.454. The van der Waals surface area contributed by atoms with E-state index in [1.54, 1.807) is 6.07 Å². The maximum absolute atomic E-state index is 12.2. The lowest BCUT2D eigenvalue weighted by Crippen LogP contribution is -2.09. The molecule has 3 N–H and O–H groups in total. The number of hydrogen-bond acceptors (Lipinski definition) is 5. The van der Waals surface area contributed by atoms with Crippen LogP contribution in [-0.4, -0.2) is 33.0 Å². The number of aromatic nitrogens is 3. The van der Waals surface area contributed by atoms with Gasteiger partial charge in [0.2, 0.25) is 11.3 Å². The van der Waals surface area contributed by atoms with Gasteiger partial charge in [0.1, 0.15) is 0 Å². The number of hydrogen-bond donors (Lipinski definition) is 3. The molecule has 0 radical (unpaired) electrons. The Kier molecular flexibility index (Phi) is 4.74. The Hall–Kier alpha value is -4.07. The number of nitrogens with zero attached hydrogens (tertiary/aromatic N) is 2. The Balaban J connectivity index is 1.73. The van der Waals surface area contributed by atoms with E-state index >= 15 is 0 Å². The summed E-state index contributed by atoms with van der Waals surface area (Å²) < 4.78 is 6.84. The van der Waals surface area contributed by atoms with Crippen LogP contribution >= 0.6 is 0 Å². The maximum Gasteiger partial charge on any atom is 0.258 e. The van der Waals surface area contributed by atoms with Gasteiger partial charge in [-0.05, 0) is 30.3 Å². The van der Waals surface area contributed by atoms with Crippen LogP contribution in [0.25, 0.3) is 16.5 Å². The van der Waals surface area contributed by atoms with Crippen LogP contribution in [0.3, 0.4) is 0 Å². The predicted molar refractivity (Wildman–Crippen MR) is 110 cm³/mol. The minimum Gasteiger partial charge on any atom is -0.494 e. The van der Waals surface area contributed by atoms with Crippen LogP contribution in [0.2, 0.25) is 0 Å². The third-order valence-electron chi connectivity index (χ3n) is 4.57. The van der Waals surface area contributed by atoms with Crippen LogP contribution in [0.5, 0.6) is 11.6 Å². The molecule has 8 nitrogen and oxygen atoms in total. The van der Waals surface area contributed by atoms with Crippen molar-refractivity contribution in [3.8, 4) is 17.3 Å². The average Bonchev–Trinajstić information content (AvgIpc) is 3.25. The van der Waals surface area contributed by atoms with Gasteiger partial charge in [-0.2, -0.15) is 0 Å². The number of fused-ring (bicyclic) bond motifs is 1. The molecule has 0 spiro atoms. The van der Waals surface area contributed by atoms with E-state index in [0.29, 0.717) is 22.0 Å². The first-order valence-corrected chi connectivity index (χ1v) is 8.84. The molecule has 0 unspecified atom stereocenters. The number of pyridine rings is 2. The monoisotopic (exact) mass is 390 g/mol. The summed E-state index contributed by atoms with van der Waals surface area (Å²) >= 11 is 0. The molecule has 146 valence electrons. The van der Waals surface area contributed by atoms with E-state index in [2.05, 4.69) is 15.0 Å². The summed E-state index contributed by atoms with van der Waals surface area (Å²) in [4.78, 5) is 33.8. The van der Waals surface area contributed by atoms with Gasteiger partial charge in [-0.3, -0.25) is 19.6 Å². The summed E-state index contributed by atoms with van der Waals surface area (Å²) in [5.41, 5.74) is 1.21. The molecule has 4 aromatic rings. The molecular formula is C21H18N4O4. The second-order valence-corrected chi connectivity index (χ2v) is 6.40. The van der Waals surface area contributed by atoms with Crippen molar-refractivity contribution in [3.63, 3.8) is 0 Å². The Morgan fingerprint density at radius 3 is 2.69 bits per heavy atom. The first-order valence-electron chi connectivity index (χ1n) is 8.84. The van der Waals surface area contributed by atoms with Crippen molar-refractivity contribution in [1.82, 2.24) is 14.5 Å². The first-order chi connectivity index (χ1) is 14.1. The zero-order valence-corrected chi connectivity index (χ0v) is 15.5. The maximum atomic E-state index is 12.2. The molecule has 0 saturated heterocycles. The van der Waals surface area contributed by atoms with Gasteiger partial charge in [0, 0.05) is 53.0 Å². The molecule has 29 heavy (non-hydrogen) atoms. The number of aromatic hydroxyl groups is 1. The lowest BCUT2D eigenvalue weighted by Gasteiger charge is -2.08. The Morgan fingerprint density at radius 1 is 1.17 bits per heavy atom. The van der Waals surface area contributed by atoms with Gasteiger partial charge >= 0.3 is 0 Å². The fraction of sp³-hybridized carbons (Fsp3) is 0.0952. The van der Waals surface area contributed by atoms with Crippen molar-refractivity contribution in [2.75, 3.05) is 7.11 Å². The van der Waals surface area contributed by atoms with Crippen molar-refractivity contribution in [2.24, 2.45) is 4.99 Å². The number of H-pyrrole nitrogens is 2. The third kappa shape index (κ3) is 3.55. The zero-order valence-electron chi connectivity index (χ0n) is 15.5. The van der Waals surface area contributed by atoms with Crippen LogP contribution in [0.15, 0.2) is 69.6 Å². The second-order valence-electron chi connectivity index (χ2n) is 6.40. The number of aromatic amines is 2. The molecule has 0 aliphatic carbocycles.